The average molecular weight is 515 g/mol. The van der Waals surface area contributed by atoms with E-state index in [1.54, 1.807) is 30.3 Å². The van der Waals surface area contributed by atoms with Crippen LogP contribution in [0, 0.1) is 0 Å². The molecule has 8 nitrogen and oxygen atoms in total. The number of methoxy groups -OCH3 is 2. The molecule has 0 radical (unpaired) electrons. The predicted molar refractivity (Wildman–Crippen MR) is 145 cm³/mol. The van der Waals surface area contributed by atoms with Crippen LogP contribution in [-0.4, -0.2) is 51.7 Å². The van der Waals surface area contributed by atoms with Crippen molar-refractivity contribution in [2.75, 3.05) is 44.7 Å². The fourth-order valence-corrected chi connectivity index (χ4v) is 4.96. The van der Waals surface area contributed by atoms with Crippen LogP contribution in [0.2, 0.25) is 0 Å². The molecule has 196 valence electrons. The fraction of sp³-hybridized carbons (Fsp3) is 0.267. The first-order valence-corrected chi connectivity index (χ1v) is 12.4. The number of ether oxygens (including phenoxy) is 3. The maximum absolute atomic E-state index is 13.6. The summed E-state index contributed by atoms with van der Waals surface area (Å²) in [6.07, 6.45) is 1.68. The van der Waals surface area contributed by atoms with Crippen LogP contribution in [0.4, 0.5) is 11.4 Å². The number of carbonyl (C=O) groups excluding carboxylic acids is 2. The van der Waals surface area contributed by atoms with Gasteiger partial charge in [0.15, 0.2) is 0 Å². The van der Waals surface area contributed by atoms with E-state index in [-0.39, 0.29) is 11.3 Å². The van der Waals surface area contributed by atoms with Crippen LogP contribution in [0.1, 0.15) is 29.2 Å². The van der Waals surface area contributed by atoms with Gasteiger partial charge in [-0.05, 0) is 54.3 Å². The van der Waals surface area contributed by atoms with E-state index >= 15 is 0 Å². The van der Waals surface area contributed by atoms with Crippen LogP contribution in [0.15, 0.2) is 66.2 Å². The van der Waals surface area contributed by atoms with E-state index in [1.165, 1.54) is 19.1 Å². The van der Waals surface area contributed by atoms with Gasteiger partial charge in [0.05, 0.1) is 38.1 Å². The summed E-state index contributed by atoms with van der Waals surface area (Å²) in [7, 11) is 6.90. The van der Waals surface area contributed by atoms with E-state index in [4.69, 9.17) is 14.2 Å². The summed E-state index contributed by atoms with van der Waals surface area (Å²) < 4.78 is 16.5. The highest BCUT2D eigenvalue weighted by atomic mass is 16.5. The SMILES string of the molecule is COc1cc(OC)cc(N2C(=O)C(=O)/C(=C(\O)c3ccc4c(c3)CCCO4)C2c2ccc(N(C)C)cc2)c1. The lowest BCUT2D eigenvalue weighted by atomic mass is 9.93. The third-order valence-electron chi connectivity index (χ3n) is 6.97. The Kier molecular flexibility index (Phi) is 6.72. The Hall–Kier alpha value is -4.46. The van der Waals surface area contributed by atoms with Crippen LogP contribution in [-0.2, 0) is 16.0 Å². The highest BCUT2D eigenvalue weighted by Gasteiger charge is 2.47. The number of aryl methyl sites for hydroxylation is 1. The molecule has 1 unspecified atom stereocenters. The molecule has 0 bridgehead atoms. The van der Waals surface area contributed by atoms with E-state index in [0.717, 1.165) is 29.8 Å². The summed E-state index contributed by atoms with van der Waals surface area (Å²) in [6, 6.07) is 17.1. The highest BCUT2D eigenvalue weighted by Crippen LogP contribution is 2.44. The summed E-state index contributed by atoms with van der Waals surface area (Å²) in [6.45, 7) is 0.649. The van der Waals surface area contributed by atoms with Crippen molar-refractivity contribution < 1.29 is 28.9 Å². The molecule has 8 heteroatoms. The largest absolute Gasteiger partial charge is 0.507 e. The van der Waals surface area contributed by atoms with E-state index in [1.807, 2.05) is 49.3 Å². The monoisotopic (exact) mass is 514 g/mol. The van der Waals surface area contributed by atoms with Gasteiger partial charge < -0.3 is 24.2 Å². The second-order valence-electron chi connectivity index (χ2n) is 9.50. The van der Waals surface area contributed by atoms with Gasteiger partial charge in [-0.2, -0.15) is 0 Å². The van der Waals surface area contributed by atoms with Crippen LogP contribution in [0.25, 0.3) is 5.76 Å². The van der Waals surface area contributed by atoms with Crippen LogP contribution >= 0.6 is 0 Å². The number of amides is 1. The molecule has 0 aliphatic carbocycles. The normalized spacial score (nSPS) is 18.1. The number of carbonyl (C=O) groups is 2. The number of aliphatic hydroxyl groups excluding tert-OH is 1. The Labute approximate surface area is 221 Å². The Morgan fingerprint density at radius 1 is 0.974 bits per heavy atom. The molecule has 1 saturated heterocycles. The molecule has 0 saturated carbocycles. The first-order valence-electron chi connectivity index (χ1n) is 12.4. The van der Waals surface area contributed by atoms with Crippen molar-refractivity contribution in [3.63, 3.8) is 0 Å². The molecule has 1 atom stereocenters. The van der Waals surface area contributed by atoms with Crippen molar-refractivity contribution in [2.45, 2.75) is 18.9 Å². The van der Waals surface area contributed by atoms with Crippen molar-refractivity contribution in [1.29, 1.82) is 0 Å². The number of ketones is 1. The third-order valence-corrected chi connectivity index (χ3v) is 6.97. The van der Waals surface area contributed by atoms with Crippen molar-refractivity contribution in [3.05, 3.63) is 82.9 Å². The first kappa shape index (κ1) is 25.2. The molecule has 2 heterocycles. The number of anilines is 2. The predicted octanol–water partition coefficient (Wildman–Crippen LogP) is 4.72. The number of hydrogen-bond acceptors (Lipinski definition) is 7. The van der Waals surface area contributed by atoms with Crippen LogP contribution in [0.3, 0.4) is 0 Å². The van der Waals surface area contributed by atoms with Crippen molar-refractivity contribution in [2.24, 2.45) is 0 Å². The number of benzene rings is 3. The lowest BCUT2D eigenvalue weighted by molar-refractivity contribution is -0.132. The molecule has 38 heavy (non-hydrogen) atoms. The average Bonchev–Trinajstić information content (AvgIpc) is 3.21. The fourth-order valence-electron chi connectivity index (χ4n) is 4.96. The molecule has 2 aliphatic rings. The molecule has 1 fully saturated rings. The molecule has 0 spiro atoms. The number of rotatable bonds is 6. The Morgan fingerprint density at radius 2 is 1.66 bits per heavy atom. The van der Waals surface area contributed by atoms with E-state index in [2.05, 4.69) is 0 Å². The number of hydrogen-bond donors (Lipinski definition) is 1. The van der Waals surface area contributed by atoms with Gasteiger partial charge in [-0.15, -0.1) is 0 Å². The maximum Gasteiger partial charge on any atom is 0.300 e. The van der Waals surface area contributed by atoms with Crippen LogP contribution < -0.4 is 24.0 Å². The minimum Gasteiger partial charge on any atom is -0.507 e. The summed E-state index contributed by atoms with van der Waals surface area (Å²) in [4.78, 5) is 30.5. The number of fused-ring (bicyclic) bond motifs is 1. The van der Waals surface area contributed by atoms with Gasteiger partial charge in [0.1, 0.15) is 23.0 Å². The van der Waals surface area contributed by atoms with Gasteiger partial charge in [-0.25, -0.2) is 0 Å². The van der Waals surface area contributed by atoms with Gasteiger partial charge in [0.25, 0.3) is 11.7 Å². The zero-order chi connectivity index (χ0) is 27.0. The summed E-state index contributed by atoms with van der Waals surface area (Å²) in [5.74, 6) is -0.0246. The minimum atomic E-state index is -0.865. The van der Waals surface area contributed by atoms with Crippen LogP contribution in [0.5, 0.6) is 17.2 Å². The van der Waals surface area contributed by atoms with E-state index in [0.29, 0.717) is 34.9 Å². The van der Waals surface area contributed by atoms with Gasteiger partial charge in [0, 0.05) is 43.5 Å². The second-order valence-corrected chi connectivity index (χ2v) is 9.50. The lowest BCUT2D eigenvalue weighted by Crippen LogP contribution is -2.29. The smallest absolute Gasteiger partial charge is 0.300 e. The van der Waals surface area contributed by atoms with E-state index < -0.39 is 17.7 Å². The van der Waals surface area contributed by atoms with E-state index in [9.17, 15) is 14.7 Å². The van der Waals surface area contributed by atoms with Crippen molar-refractivity contribution in [1.82, 2.24) is 0 Å². The number of nitrogens with zero attached hydrogens (tertiary/aromatic N) is 2. The first-order chi connectivity index (χ1) is 18.3. The molecule has 1 N–H and O–H groups in total. The molecule has 3 aromatic carbocycles. The molecule has 0 aromatic heterocycles. The standard InChI is InChI=1S/C30H30N2O6/c1-31(2)21-10-7-18(8-11-21)27-26(28(33)20-9-12-25-19(14-20)6-5-13-38-25)29(34)30(35)32(27)22-15-23(36-3)17-24(16-22)37-4/h7-12,14-17,27,33H,5-6,13H2,1-4H3/b28-26-. The molecule has 5 rings (SSSR count). The lowest BCUT2D eigenvalue weighted by Gasteiger charge is -2.27. The maximum atomic E-state index is 13.6. The van der Waals surface area contributed by atoms with Gasteiger partial charge >= 0.3 is 0 Å². The topological polar surface area (TPSA) is 88.5 Å². The summed E-state index contributed by atoms with van der Waals surface area (Å²) >= 11 is 0. The summed E-state index contributed by atoms with van der Waals surface area (Å²) in [5.41, 5.74) is 3.50. The zero-order valence-electron chi connectivity index (χ0n) is 21.9. The van der Waals surface area contributed by atoms with Crippen molar-refractivity contribution >= 4 is 28.8 Å². The Morgan fingerprint density at radius 3 is 2.29 bits per heavy atom. The molecule has 1 amide bonds. The molecule has 3 aromatic rings. The van der Waals surface area contributed by atoms with Gasteiger partial charge in [0.2, 0.25) is 0 Å². The quantitative estimate of drug-likeness (QED) is 0.289. The van der Waals surface area contributed by atoms with Gasteiger partial charge in [-0.1, -0.05) is 12.1 Å². The van der Waals surface area contributed by atoms with Gasteiger partial charge in [-0.3, -0.25) is 14.5 Å². The molecule has 2 aliphatic heterocycles. The second kappa shape index (κ2) is 10.1. The summed E-state index contributed by atoms with van der Waals surface area (Å²) in [5, 5.41) is 11.5. The number of aliphatic hydroxyl groups is 1. The number of Topliss-reactive ketones (excluding diaryl/α,β-unsaturated/α-hetero) is 1. The third kappa shape index (κ3) is 4.42. The zero-order valence-corrected chi connectivity index (χ0v) is 21.9. The Bertz CT molecular complexity index is 1400. The van der Waals surface area contributed by atoms with Crippen molar-refractivity contribution in [3.8, 4) is 17.2 Å². The molecular formula is C30H30N2O6. The minimum absolute atomic E-state index is 0.0195. The molecular weight excluding hydrogens is 484 g/mol. The Balaban J connectivity index is 1.70. The highest BCUT2D eigenvalue weighted by molar-refractivity contribution is 6.51.